The van der Waals surface area contributed by atoms with Crippen LogP contribution in [-0.4, -0.2) is 66.0 Å². The molecule has 196 valence electrons. The van der Waals surface area contributed by atoms with E-state index < -0.39 is 0 Å². The van der Waals surface area contributed by atoms with Crippen LogP contribution >= 0.6 is 11.8 Å². The zero-order valence-electron chi connectivity index (χ0n) is 21.7. The second-order valence-corrected chi connectivity index (χ2v) is 9.75. The maximum Gasteiger partial charge on any atom is 0.309 e. The fourth-order valence-electron chi connectivity index (χ4n) is 4.48. The fourth-order valence-corrected chi connectivity index (χ4v) is 5.35. The molecule has 4 rings (SSSR count). The van der Waals surface area contributed by atoms with Crippen molar-refractivity contribution in [2.75, 3.05) is 39.7 Å². The van der Waals surface area contributed by atoms with E-state index in [-0.39, 0.29) is 23.5 Å². The molecule has 0 spiro atoms. The van der Waals surface area contributed by atoms with Gasteiger partial charge in [-0.05, 0) is 68.3 Å². The van der Waals surface area contributed by atoms with Crippen LogP contribution in [-0.2, 0) is 21.4 Å². The lowest BCUT2D eigenvalue weighted by Crippen LogP contribution is -2.41. The van der Waals surface area contributed by atoms with Gasteiger partial charge in [-0.25, -0.2) is 4.98 Å². The van der Waals surface area contributed by atoms with Crippen molar-refractivity contribution in [3.63, 3.8) is 0 Å². The van der Waals surface area contributed by atoms with E-state index in [4.69, 9.17) is 19.2 Å². The Bertz CT molecular complexity index is 1220. The topological polar surface area (TPSA) is 82.9 Å². The van der Waals surface area contributed by atoms with E-state index in [1.807, 2.05) is 72.0 Å². The summed E-state index contributed by atoms with van der Waals surface area (Å²) in [6, 6.07) is 15.7. The Morgan fingerprint density at radius 1 is 0.946 bits per heavy atom. The largest absolute Gasteiger partial charge is 0.497 e. The first-order valence-corrected chi connectivity index (χ1v) is 13.4. The number of thioether (sulfide) groups is 1. The molecule has 0 unspecified atom stereocenters. The standard InChI is InChI=1S/C28H33N3O5S/c1-5-36-27(33)21-14-16-31(17-15-21)24(32)18-37-28-29-25(19-6-10-22(34-3)11-7-19)26(30(28)2)20-8-12-23(35-4)13-9-20/h6-13,21H,5,14-18H2,1-4H3. The van der Waals surface area contributed by atoms with Crippen molar-refractivity contribution in [3.8, 4) is 34.0 Å². The highest BCUT2D eigenvalue weighted by atomic mass is 32.2. The fraction of sp³-hybridized carbons (Fsp3) is 0.393. The summed E-state index contributed by atoms with van der Waals surface area (Å²) in [7, 11) is 5.26. The predicted molar refractivity (Wildman–Crippen MR) is 144 cm³/mol. The number of carbonyl (C=O) groups excluding carboxylic acids is 2. The summed E-state index contributed by atoms with van der Waals surface area (Å²) >= 11 is 1.42. The summed E-state index contributed by atoms with van der Waals surface area (Å²) in [5.41, 5.74) is 3.75. The maximum absolute atomic E-state index is 13.0. The molecule has 0 saturated carbocycles. The number of hydrogen-bond donors (Lipinski definition) is 0. The van der Waals surface area contributed by atoms with Gasteiger partial charge in [0.2, 0.25) is 5.91 Å². The number of carbonyl (C=O) groups is 2. The molecule has 1 fully saturated rings. The third kappa shape index (κ3) is 6.10. The summed E-state index contributed by atoms with van der Waals surface area (Å²) in [5, 5.41) is 0.756. The molecular formula is C28H33N3O5S. The number of aromatic nitrogens is 2. The first-order valence-electron chi connectivity index (χ1n) is 12.4. The molecule has 1 aliphatic rings. The zero-order chi connectivity index (χ0) is 26.4. The number of piperidine rings is 1. The van der Waals surface area contributed by atoms with Crippen LogP contribution in [0.15, 0.2) is 53.7 Å². The molecule has 37 heavy (non-hydrogen) atoms. The summed E-state index contributed by atoms with van der Waals surface area (Å²) in [6.07, 6.45) is 1.28. The van der Waals surface area contributed by atoms with Crippen LogP contribution in [0.25, 0.3) is 22.5 Å². The molecule has 0 radical (unpaired) electrons. The van der Waals surface area contributed by atoms with E-state index in [9.17, 15) is 9.59 Å². The molecule has 0 atom stereocenters. The highest BCUT2D eigenvalue weighted by Crippen LogP contribution is 2.36. The molecule has 3 aromatic rings. The normalized spacial score (nSPS) is 13.9. The van der Waals surface area contributed by atoms with Crippen LogP contribution in [0.4, 0.5) is 0 Å². The van der Waals surface area contributed by atoms with E-state index in [1.54, 1.807) is 14.2 Å². The quantitative estimate of drug-likeness (QED) is 0.298. The van der Waals surface area contributed by atoms with Gasteiger partial charge in [-0.2, -0.15) is 0 Å². The smallest absolute Gasteiger partial charge is 0.309 e. The molecule has 8 nitrogen and oxygen atoms in total. The summed E-state index contributed by atoms with van der Waals surface area (Å²) in [5.74, 6) is 1.60. The Balaban J connectivity index is 1.52. The lowest BCUT2D eigenvalue weighted by molar-refractivity contribution is -0.151. The molecule has 2 heterocycles. The van der Waals surface area contributed by atoms with Crippen molar-refractivity contribution in [1.29, 1.82) is 0 Å². The van der Waals surface area contributed by atoms with Gasteiger partial charge in [-0.3, -0.25) is 9.59 Å². The Labute approximate surface area is 221 Å². The molecular weight excluding hydrogens is 490 g/mol. The van der Waals surface area contributed by atoms with Crippen LogP contribution in [0.1, 0.15) is 19.8 Å². The van der Waals surface area contributed by atoms with Crippen molar-refractivity contribution in [2.24, 2.45) is 13.0 Å². The van der Waals surface area contributed by atoms with Crippen molar-refractivity contribution in [1.82, 2.24) is 14.5 Å². The summed E-state index contributed by atoms with van der Waals surface area (Å²) in [4.78, 5) is 31.8. The highest BCUT2D eigenvalue weighted by Gasteiger charge is 2.28. The van der Waals surface area contributed by atoms with Crippen molar-refractivity contribution in [2.45, 2.75) is 24.9 Å². The second-order valence-electron chi connectivity index (χ2n) is 8.80. The third-order valence-electron chi connectivity index (χ3n) is 6.57. The number of rotatable bonds is 9. The number of esters is 1. The average Bonchev–Trinajstić information content (AvgIpc) is 3.27. The van der Waals surface area contributed by atoms with Crippen LogP contribution < -0.4 is 9.47 Å². The summed E-state index contributed by atoms with van der Waals surface area (Å²) in [6.45, 7) is 3.33. The van der Waals surface area contributed by atoms with E-state index in [1.165, 1.54) is 11.8 Å². The van der Waals surface area contributed by atoms with Gasteiger partial charge >= 0.3 is 5.97 Å². The second kappa shape index (κ2) is 12.2. The number of imidazole rings is 1. The van der Waals surface area contributed by atoms with Gasteiger partial charge in [0.25, 0.3) is 0 Å². The first-order chi connectivity index (χ1) is 17.9. The van der Waals surface area contributed by atoms with Gasteiger partial charge < -0.3 is 23.7 Å². The lowest BCUT2D eigenvalue weighted by atomic mass is 9.97. The maximum atomic E-state index is 13.0. The Kier molecular flexibility index (Phi) is 8.76. The first kappa shape index (κ1) is 26.6. The average molecular weight is 524 g/mol. The van der Waals surface area contributed by atoms with Gasteiger partial charge in [-0.1, -0.05) is 11.8 Å². The van der Waals surface area contributed by atoms with Crippen molar-refractivity contribution < 1.29 is 23.8 Å². The minimum Gasteiger partial charge on any atom is -0.497 e. The molecule has 0 bridgehead atoms. The van der Waals surface area contributed by atoms with Gasteiger partial charge in [-0.15, -0.1) is 0 Å². The Morgan fingerprint density at radius 3 is 2.05 bits per heavy atom. The van der Waals surface area contributed by atoms with Gasteiger partial charge in [0, 0.05) is 31.3 Å². The van der Waals surface area contributed by atoms with Gasteiger partial charge in [0.1, 0.15) is 11.5 Å². The van der Waals surface area contributed by atoms with Crippen LogP contribution in [0.5, 0.6) is 11.5 Å². The third-order valence-corrected chi connectivity index (χ3v) is 7.59. The SMILES string of the molecule is CCOC(=O)C1CCN(C(=O)CSc2nc(-c3ccc(OC)cc3)c(-c3ccc(OC)cc3)n2C)CC1. The van der Waals surface area contributed by atoms with Crippen LogP contribution in [0.2, 0.25) is 0 Å². The molecule has 2 aromatic carbocycles. The molecule has 1 aliphatic heterocycles. The summed E-state index contributed by atoms with van der Waals surface area (Å²) < 4.78 is 17.8. The molecule has 0 aliphatic carbocycles. The predicted octanol–water partition coefficient (Wildman–Crippen LogP) is 4.67. The number of methoxy groups -OCH3 is 2. The lowest BCUT2D eigenvalue weighted by Gasteiger charge is -2.30. The zero-order valence-corrected chi connectivity index (χ0v) is 22.5. The number of hydrogen-bond acceptors (Lipinski definition) is 7. The number of nitrogens with zero attached hydrogens (tertiary/aromatic N) is 3. The number of ether oxygens (including phenoxy) is 3. The van der Waals surface area contributed by atoms with E-state index in [0.29, 0.717) is 32.5 Å². The Hall–Kier alpha value is -3.46. The number of benzene rings is 2. The van der Waals surface area contributed by atoms with E-state index >= 15 is 0 Å². The molecule has 1 amide bonds. The minimum atomic E-state index is -0.158. The number of likely N-dealkylation sites (tertiary alicyclic amines) is 1. The van der Waals surface area contributed by atoms with Crippen molar-refractivity contribution >= 4 is 23.6 Å². The molecule has 9 heteroatoms. The molecule has 1 aromatic heterocycles. The Morgan fingerprint density at radius 2 is 1.51 bits per heavy atom. The van der Waals surface area contributed by atoms with E-state index in [0.717, 1.165) is 39.2 Å². The van der Waals surface area contributed by atoms with Gasteiger partial charge in [0.15, 0.2) is 5.16 Å². The van der Waals surface area contributed by atoms with Crippen LogP contribution in [0.3, 0.4) is 0 Å². The van der Waals surface area contributed by atoms with Gasteiger partial charge in [0.05, 0.1) is 43.9 Å². The highest BCUT2D eigenvalue weighted by molar-refractivity contribution is 7.99. The molecule has 0 N–H and O–H groups in total. The van der Waals surface area contributed by atoms with Crippen molar-refractivity contribution in [3.05, 3.63) is 48.5 Å². The number of amides is 1. The van der Waals surface area contributed by atoms with Crippen LogP contribution in [0, 0.1) is 5.92 Å². The molecule has 1 saturated heterocycles. The minimum absolute atomic E-state index is 0.0484. The monoisotopic (exact) mass is 523 g/mol. The van der Waals surface area contributed by atoms with E-state index in [2.05, 4.69) is 0 Å².